The number of hydrogen-bond donors (Lipinski definition) is 0. The van der Waals surface area contributed by atoms with Crippen LogP contribution in [0.2, 0.25) is 0 Å². The van der Waals surface area contributed by atoms with Gasteiger partial charge in [0.25, 0.3) is 5.89 Å². The molecule has 0 saturated heterocycles. The summed E-state index contributed by atoms with van der Waals surface area (Å²) in [5.74, 6) is 0.412. The van der Waals surface area contributed by atoms with Crippen molar-refractivity contribution < 1.29 is 4.42 Å². The second-order valence-electron chi connectivity index (χ2n) is 2.80. The summed E-state index contributed by atoms with van der Waals surface area (Å²) in [5, 5.41) is 8.96. The molecule has 16 heavy (non-hydrogen) atoms. The maximum atomic E-state index is 5.09. The lowest BCUT2D eigenvalue weighted by atomic mass is 10.6. The first-order valence-electron chi connectivity index (χ1n) is 4.30. The first kappa shape index (κ1) is 9.67. The van der Waals surface area contributed by atoms with Crippen LogP contribution in [-0.4, -0.2) is 31.4 Å². The van der Waals surface area contributed by atoms with Crippen LogP contribution in [0.4, 0.5) is 0 Å². The predicted octanol–water partition coefficient (Wildman–Crippen LogP) is 1.86. The molecule has 0 amide bonds. The maximum absolute atomic E-state index is 5.09. The zero-order valence-electron chi connectivity index (χ0n) is 8.12. The fourth-order valence-corrected chi connectivity index (χ4v) is 2.63. The molecule has 3 rings (SSSR count). The Morgan fingerprint density at radius 1 is 1.38 bits per heavy atom. The summed E-state index contributed by atoms with van der Waals surface area (Å²) < 4.78 is 5.09. The largest absolute Gasteiger partial charge is 0.422 e. The lowest BCUT2D eigenvalue weighted by Crippen LogP contribution is -1.83. The number of aromatic nitrogens is 5. The Kier molecular flexibility index (Phi) is 2.29. The van der Waals surface area contributed by atoms with Crippen LogP contribution in [0.3, 0.4) is 0 Å². The molecule has 0 atom stereocenters. The molecule has 6 nitrogen and oxygen atoms in total. The molecular formula is C8H5N5OS2. The standard InChI is InChI=1S/C8H5N5OS2/c1-15-6-4-7(10-2-9-6)16-8(12-4)5-13-11-3-14-5/h2-3H,1H3. The summed E-state index contributed by atoms with van der Waals surface area (Å²) in [4.78, 5) is 13.5. The highest BCUT2D eigenvalue weighted by Gasteiger charge is 2.14. The second kappa shape index (κ2) is 3.80. The van der Waals surface area contributed by atoms with Crippen LogP contribution < -0.4 is 0 Å². The van der Waals surface area contributed by atoms with Gasteiger partial charge in [0.2, 0.25) is 6.39 Å². The number of rotatable bonds is 2. The summed E-state index contributed by atoms with van der Waals surface area (Å²) in [5.41, 5.74) is 0.785. The monoisotopic (exact) mass is 251 g/mol. The van der Waals surface area contributed by atoms with E-state index in [1.54, 1.807) is 0 Å². The van der Waals surface area contributed by atoms with Crippen molar-refractivity contribution in [2.24, 2.45) is 0 Å². The number of thioether (sulfide) groups is 1. The van der Waals surface area contributed by atoms with Crippen molar-refractivity contribution in [3.63, 3.8) is 0 Å². The third-order valence-corrected chi connectivity index (χ3v) is 3.53. The molecule has 0 bridgehead atoms. The van der Waals surface area contributed by atoms with Gasteiger partial charge in [0, 0.05) is 0 Å². The summed E-state index contributed by atoms with van der Waals surface area (Å²) in [7, 11) is 0. The summed E-state index contributed by atoms with van der Waals surface area (Å²) >= 11 is 2.95. The van der Waals surface area contributed by atoms with Crippen LogP contribution in [-0.2, 0) is 0 Å². The van der Waals surface area contributed by atoms with Crippen molar-refractivity contribution >= 4 is 33.4 Å². The van der Waals surface area contributed by atoms with Crippen molar-refractivity contribution in [1.82, 2.24) is 25.1 Å². The molecule has 3 heterocycles. The van der Waals surface area contributed by atoms with E-state index in [1.165, 1.54) is 35.8 Å². The first-order chi connectivity index (χ1) is 7.88. The van der Waals surface area contributed by atoms with Crippen molar-refractivity contribution in [3.8, 4) is 10.9 Å². The van der Waals surface area contributed by atoms with Crippen molar-refractivity contribution in [2.75, 3.05) is 6.26 Å². The molecule has 0 fully saturated rings. The van der Waals surface area contributed by atoms with Crippen LogP contribution in [0.5, 0.6) is 0 Å². The molecule has 0 saturated carbocycles. The Morgan fingerprint density at radius 3 is 3.06 bits per heavy atom. The Hall–Kier alpha value is -1.54. The van der Waals surface area contributed by atoms with Gasteiger partial charge in [-0.15, -0.1) is 22.0 Å². The zero-order valence-corrected chi connectivity index (χ0v) is 9.75. The molecule has 8 heteroatoms. The minimum atomic E-state index is 0.412. The van der Waals surface area contributed by atoms with Gasteiger partial charge >= 0.3 is 0 Å². The fourth-order valence-electron chi connectivity index (χ4n) is 1.24. The number of hydrogen-bond acceptors (Lipinski definition) is 8. The van der Waals surface area contributed by atoms with E-state index in [-0.39, 0.29) is 0 Å². The second-order valence-corrected chi connectivity index (χ2v) is 4.57. The lowest BCUT2D eigenvalue weighted by molar-refractivity contribution is 0.568. The van der Waals surface area contributed by atoms with Gasteiger partial charge in [-0.25, -0.2) is 15.0 Å². The van der Waals surface area contributed by atoms with E-state index < -0.39 is 0 Å². The fraction of sp³-hybridized carbons (Fsp3) is 0.125. The molecule has 0 N–H and O–H groups in total. The Labute approximate surface area is 98.2 Å². The molecule has 0 unspecified atom stereocenters. The normalized spacial score (nSPS) is 11.1. The Morgan fingerprint density at radius 2 is 2.31 bits per heavy atom. The summed E-state index contributed by atoms with van der Waals surface area (Å²) in [6, 6.07) is 0. The number of nitrogens with zero attached hydrogens (tertiary/aromatic N) is 5. The van der Waals surface area contributed by atoms with Crippen molar-refractivity contribution in [1.29, 1.82) is 0 Å². The van der Waals surface area contributed by atoms with E-state index in [1.807, 2.05) is 6.26 Å². The Bertz CT molecular complexity index is 620. The minimum Gasteiger partial charge on any atom is -0.422 e. The van der Waals surface area contributed by atoms with Crippen molar-refractivity contribution in [2.45, 2.75) is 5.03 Å². The lowest BCUT2D eigenvalue weighted by Gasteiger charge is -1.92. The van der Waals surface area contributed by atoms with Gasteiger partial charge in [0.1, 0.15) is 21.7 Å². The van der Waals surface area contributed by atoms with E-state index in [0.29, 0.717) is 10.9 Å². The topological polar surface area (TPSA) is 77.6 Å². The molecule has 0 aliphatic rings. The molecule has 3 aromatic heterocycles. The maximum Gasteiger partial charge on any atom is 0.276 e. The van der Waals surface area contributed by atoms with Crippen molar-refractivity contribution in [3.05, 3.63) is 12.7 Å². The third kappa shape index (κ3) is 1.46. The van der Waals surface area contributed by atoms with Gasteiger partial charge in [-0.2, -0.15) is 0 Å². The molecule has 3 aromatic rings. The van der Waals surface area contributed by atoms with Gasteiger partial charge in [-0.3, -0.25) is 0 Å². The summed E-state index contributed by atoms with van der Waals surface area (Å²) in [6.45, 7) is 0. The van der Waals surface area contributed by atoms with Gasteiger partial charge in [0.05, 0.1) is 0 Å². The van der Waals surface area contributed by atoms with E-state index in [4.69, 9.17) is 4.42 Å². The number of thiazole rings is 1. The highest BCUT2D eigenvalue weighted by atomic mass is 32.2. The van der Waals surface area contributed by atoms with Crippen LogP contribution in [0.25, 0.3) is 21.2 Å². The minimum absolute atomic E-state index is 0.412. The molecule has 0 aromatic carbocycles. The van der Waals surface area contributed by atoms with Crippen LogP contribution in [0, 0.1) is 0 Å². The SMILES string of the molecule is CSc1ncnc2sc(-c3nnco3)nc12. The van der Waals surface area contributed by atoms with E-state index >= 15 is 0 Å². The summed E-state index contributed by atoms with van der Waals surface area (Å²) in [6.07, 6.45) is 4.76. The molecule has 0 aliphatic carbocycles. The van der Waals surface area contributed by atoms with Gasteiger partial charge in [-0.05, 0) is 6.26 Å². The van der Waals surface area contributed by atoms with Gasteiger partial charge in [0.15, 0.2) is 5.01 Å². The average Bonchev–Trinajstić information content (AvgIpc) is 2.96. The van der Waals surface area contributed by atoms with Crippen LogP contribution >= 0.6 is 23.1 Å². The van der Waals surface area contributed by atoms with Gasteiger partial charge in [-0.1, -0.05) is 11.3 Å². The van der Waals surface area contributed by atoms with Crippen LogP contribution in [0.1, 0.15) is 0 Å². The average molecular weight is 251 g/mol. The molecule has 0 spiro atoms. The number of fused-ring (bicyclic) bond motifs is 1. The zero-order chi connectivity index (χ0) is 11.0. The molecular weight excluding hydrogens is 246 g/mol. The third-order valence-electron chi connectivity index (χ3n) is 1.90. The highest BCUT2D eigenvalue weighted by molar-refractivity contribution is 7.98. The quantitative estimate of drug-likeness (QED) is 0.508. The molecule has 0 aliphatic heterocycles. The van der Waals surface area contributed by atoms with Gasteiger partial charge < -0.3 is 4.42 Å². The van der Waals surface area contributed by atoms with E-state index in [9.17, 15) is 0 Å². The van der Waals surface area contributed by atoms with Crippen LogP contribution in [0.15, 0.2) is 22.2 Å². The predicted molar refractivity (Wildman–Crippen MR) is 60.3 cm³/mol. The smallest absolute Gasteiger partial charge is 0.276 e. The Balaban J connectivity index is 2.23. The van der Waals surface area contributed by atoms with E-state index in [2.05, 4.69) is 25.1 Å². The highest BCUT2D eigenvalue weighted by Crippen LogP contribution is 2.30. The van der Waals surface area contributed by atoms with E-state index in [0.717, 1.165) is 15.4 Å². The first-order valence-corrected chi connectivity index (χ1v) is 6.34. The molecule has 0 radical (unpaired) electrons. The molecule has 80 valence electrons.